The molecule has 0 amide bonds. The van der Waals surface area contributed by atoms with Gasteiger partial charge in [0.05, 0.1) is 28.7 Å². The quantitative estimate of drug-likeness (QED) is 0.0532. The van der Waals surface area contributed by atoms with E-state index < -0.39 is 75.7 Å². The Labute approximate surface area is 661 Å². The fourth-order valence-corrected chi connectivity index (χ4v) is 26.6. The van der Waals surface area contributed by atoms with E-state index in [0.29, 0.717) is 100 Å². The number of hydrogen-bond acceptors (Lipinski definition) is 15. The van der Waals surface area contributed by atoms with Crippen LogP contribution < -0.4 is 0 Å². The van der Waals surface area contributed by atoms with Crippen LogP contribution >= 0.6 is 23.2 Å². The fourth-order valence-electron chi connectivity index (χ4n) is 26.3. The number of carbonyl (C=O) groups is 6. The number of benzene rings is 1. The molecule has 3 heterocycles. The number of pyridine rings is 1. The van der Waals surface area contributed by atoms with E-state index in [4.69, 9.17) is 42.9 Å². The van der Waals surface area contributed by atoms with Crippen molar-refractivity contribution in [3.63, 3.8) is 0 Å². The van der Waals surface area contributed by atoms with Crippen LogP contribution in [0.1, 0.15) is 282 Å². The standard InChI is InChI=1S/C89H123Cl2N7O12/c1-20-54(109-65(101)45-79(7,8)77(105)106)30-33-82(12)50(6)29-35-86(16)62(82)27-23-55-69-67(48(2)3)59(99)43-88(69,39-37-84(55,86)14)71(103)75-95-93-73(97(75)18)51-21-25-57(91)52(41-51)42-81(11,78(107)108)46-66(102)110-64-32-34-83(13)61(80(64,9)10)31-36-87(17)63(83)28-24-56-70-68(49(4)5)60(100)44-89(70,40-38-85(56,87)15)72(104)76-96-94-74(98(76)19)58-26-22-53(90)47-92-58/h21-22,25-26,41,47-50,54-56,61-64,71-72,103-104H,20,23-24,27-40,42-46H2,1-19H3,(H,105,106)(H,107,108)/t50-,54-,55-,56-,61+,62?,63-,64+,71?,72+,81?,82+,83+,84-,85-,86-,87-,88-,89-/m1/s1. The molecule has 0 radical (unpaired) electrons. The number of aliphatic hydroxyl groups is 2. The topological polar surface area (TPSA) is 276 Å². The van der Waals surface area contributed by atoms with E-state index in [2.05, 4.69) is 105 Å². The number of Topliss-reactive ketones (excluding diaryl/α,β-unsaturated/α-hetero) is 2. The van der Waals surface area contributed by atoms with Crippen LogP contribution in [0.4, 0.5) is 0 Å². The number of esters is 2. The number of carbonyl (C=O) groups excluding carboxylic acids is 4. The van der Waals surface area contributed by atoms with Crippen LogP contribution in [0.3, 0.4) is 0 Å². The van der Waals surface area contributed by atoms with Gasteiger partial charge in [-0.15, -0.1) is 20.4 Å². The van der Waals surface area contributed by atoms with E-state index in [0.717, 1.165) is 99.3 Å². The Hall–Kier alpha value is -6.15. The molecule has 1 aromatic carbocycles. The van der Waals surface area contributed by atoms with Gasteiger partial charge in [0, 0.05) is 60.0 Å². The molecule has 9 aliphatic rings. The highest BCUT2D eigenvalue weighted by Crippen LogP contribution is 2.79. The number of carboxylic acid groups (broad SMARTS) is 2. The van der Waals surface area contributed by atoms with Crippen molar-refractivity contribution in [2.75, 3.05) is 0 Å². The number of ether oxygens (including phenoxy) is 2. The van der Waals surface area contributed by atoms with Gasteiger partial charge < -0.3 is 39.0 Å². The van der Waals surface area contributed by atoms with Gasteiger partial charge in [0.25, 0.3) is 0 Å². The molecule has 7 saturated carbocycles. The zero-order valence-corrected chi connectivity index (χ0v) is 70.4. The van der Waals surface area contributed by atoms with Gasteiger partial charge in [0.1, 0.15) is 30.1 Å². The second-order valence-corrected chi connectivity index (χ2v) is 40.7. The lowest BCUT2D eigenvalue weighted by atomic mass is 9.33. The summed E-state index contributed by atoms with van der Waals surface area (Å²) < 4.78 is 16.3. The molecule has 0 saturated heterocycles. The van der Waals surface area contributed by atoms with Crippen molar-refractivity contribution >= 4 is 58.6 Å². The smallest absolute Gasteiger partial charge is 0.310 e. The van der Waals surface area contributed by atoms with Gasteiger partial charge in [-0.3, -0.25) is 33.8 Å². The maximum atomic E-state index is 14.8. The van der Waals surface area contributed by atoms with Crippen LogP contribution in [0.25, 0.3) is 22.9 Å². The zero-order chi connectivity index (χ0) is 80.3. The van der Waals surface area contributed by atoms with Crippen molar-refractivity contribution in [3.05, 3.63) is 86.1 Å². The van der Waals surface area contributed by atoms with Crippen molar-refractivity contribution in [2.24, 2.45) is 121 Å². The molecule has 0 bridgehead atoms. The molecule has 19 nitrogen and oxygen atoms in total. The largest absolute Gasteiger partial charge is 0.481 e. The minimum atomic E-state index is -1.63. The van der Waals surface area contributed by atoms with Gasteiger partial charge in [0.15, 0.2) is 34.9 Å². The minimum absolute atomic E-state index is 0.0214. The summed E-state index contributed by atoms with van der Waals surface area (Å²) in [6, 6.07) is 8.87. The first-order chi connectivity index (χ1) is 51.3. The summed E-state index contributed by atoms with van der Waals surface area (Å²) in [6.07, 6.45) is 12.2. The van der Waals surface area contributed by atoms with Gasteiger partial charge in [-0.05, 0) is 274 Å². The van der Waals surface area contributed by atoms with Crippen LogP contribution in [-0.2, 0) is 58.8 Å². The number of fused-ring (bicyclic) bond motifs is 12. The molecule has 0 spiro atoms. The summed E-state index contributed by atoms with van der Waals surface area (Å²) in [5, 5.41) is 66.6. The molecule has 4 N–H and O–H groups in total. The molecule has 110 heavy (non-hydrogen) atoms. The van der Waals surface area contributed by atoms with E-state index >= 15 is 0 Å². The number of aromatic nitrogens is 7. The first kappa shape index (κ1) is 81.9. The average Bonchev–Trinajstić information content (AvgIpc) is 0.993. The molecule has 0 aliphatic heterocycles. The lowest BCUT2D eigenvalue weighted by Gasteiger charge is -2.72. The number of hydrogen-bond donors (Lipinski definition) is 4. The van der Waals surface area contributed by atoms with Crippen LogP contribution in [0.2, 0.25) is 10.0 Å². The number of aliphatic hydroxyl groups excluding tert-OH is 2. The Morgan fingerprint density at radius 1 is 0.627 bits per heavy atom. The highest BCUT2D eigenvalue weighted by molar-refractivity contribution is 6.31. The number of nitrogens with zero attached hydrogens (tertiary/aromatic N) is 7. The summed E-state index contributed by atoms with van der Waals surface area (Å²) >= 11 is 13.3. The van der Waals surface area contributed by atoms with Gasteiger partial charge in [-0.1, -0.05) is 120 Å². The first-order valence-corrected chi connectivity index (χ1v) is 42.0. The monoisotopic (exact) mass is 1550 g/mol. The maximum absolute atomic E-state index is 14.8. The third kappa shape index (κ3) is 12.5. The maximum Gasteiger partial charge on any atom is 0.310 e. The summed E-state index contributed by atoms with van der Waals surface area (Å²) in [5.74, 6) is -0.170. The highest BCUT2D eigenvalue weighted by Gasteiger charge is 2.73. The molecular formula is C89H123Cl2N7O12. The normalized spacial score (nSPS) is 35.3. The number of rotatable bonds is 22. The Morgan fingerprint density at radius 3 is 1.71 bits per heavy atom. The molecule has 3 unspecified atom stereocenters. The number of allylic oxidation sites excluding steroid dienone is 2. The summed E-state index contributed by atoms with van der Waals surface area (Å²) in [5.41, 5.74) is -0.368. The molecule has 7 fully saturated rings. The van der Waals surface area contributed by atoms with Crippen LogP contribution in [-0.4, -0.2) is 103 Å². The summed E-state index contributed by atoms with van der Waals surface area (Å²) in [7, 11) is 3.67. The molecule has 13 rings (SSSR count). The van der Waals surface area contributed by atoms with Crippen LogP contribution in [0, 0.1) is 107 Å². The van der Waals surface area contributed by atoms with Crippen molar-refractivity contribution < 1.29 is 58.7 Å². The highest BCUT2D eigenvalue weighted by atomic mass is 35.5. The summed E-state index contributed by atoms with van der Waals surface area (Å²) in [6.45, 7) is 36.8. The lowest BCUT2D eigenvalue weighted by Crippen LogP contribution is -2.66. The predicted molar refractivity (Wildman–Crippen MR) is 422 cm³/mol. The lowest BCUT2D eigenvalue weighted by molar-refractivity contribution is -0.235. The molecule has 19 atom stereocenters. The molecular weight excluding hydrogens is 1430 g/mol. The Balaban J connectivity index is 0.695. The second-order valence-electron chi connectivity index (χ2n) is 39.9. The molecule has 4 aromatic rings. The molecule has 21 heteroatoms. The average molecular weight is 1550 g/mol. The molecule has 3 aromatic heterocycles. The van der Waals surface area contributed by atoms with Gasteiger partial charge in [-0.25, -0.2) is 0 Å². The second kappa shape index (κ2) is 28.4. The van der Waals surface area contributed by atoms with E-state index in [-0.39, 0.29) is 105 Å². The van der Waals surface area contributed by atoms with Crippen molar-refractivity contribution in [1.82, 2.24) is 34.5 Å². The van der Waals surface area contributed by atoms with Crippen molar-refractivity contribution in [2.45, 2.75) is 283 Å². The van der Waals surface area contributed by atoms with E-state index in [1.165, 1.54) is 0 Å². The van der Waals surface area contributed by atoms with Crippen LogP contribution in [0.15, 0.2) is 58.8 Å². The Bertz CT molecular complexity index is 4420. The van der Waals surface area contributed by atoms with E-state index in [1.54, 1.807) is 49.7 Å². The van der Waals surface area contributed by atoms with Gasteiger partial charge >= 0.3 is 23.9 Å². The SMILES string of the molecule is CC[C@H](CC[C@]1(C)C2CC[C@@H]3C4=C(C(C)C)C(=O)C[C@]4(C(O)c4nnc(-c5ccc(Cl)c(CC(C)(CC(=O)O[C@H]6CC[C@]7(C)[C@H]8CC[C@@H]9C%10=C(C(C)C)C(=O)C[C@]%10([C@@H](O)c%10nnc(-c%11ccc(Cl)cn%11)n%10C)CC[C@@]9(C)[C@]8(C)CC[C@H]7C6(C)C)C(=O)O)c5)n4C)CC[C@@]3(C)[C@]2(C)CC[C@H]1C)OC(=O)CC(C)(C)C(=O)O. The number of aliphatic carboxylic acids is 2. The van der Waals surface area contributed by atoms with Crippen molar-refractivity contribution in [1.29, 1.82) is 0 Å². The molecule has 600 valence electrons. The van der Waals surface area contributed by atoms with Gasteiger partial charge in [0.2, 0.25) is 0 Å². The number of ketones is 2. The summed E-state index contributed by atoms with van der Waals surface area (Å²) in [4.78, 5) is 87.5. The number of halogens is 2. The van der Waals surface area contributed by atoms with Crippen LogP contribution in [0.5, 0.6) is 0 Å². The van der Waals surface area contributed by atoms with Gasteiger partial charge in [-0.2, -0.15) is 0 Å². The molecule has 9 aliphatic carbocycles. The Morgan fingerprint density at radius 2 is 1.17 bits per heavy atom. The van der Waals surface area contributed by atoms with E-state index in [9.17, 15) is 49.2 Å². The zero-order valence-electron chi connectivity index (χ0n) is 68.9. The fraction of sp³-hybridized carbons (Fsp3) is 0.719. The Kier molecular flexibility index (Phi) is 21.1. The van der Waals surface area contributed by atoms with E-state index in [1.807, 2.05) is 37.7 Å². The third-order valence-electron chi connectivity index (χ3n) is 33.1. The minimum Gasteiger partial charge on any atom is -0.481 e. The van der Waals surface area contributed by atoms with Crippen molar-refractivity contribution in [3.8, 4) is 22.9 Å². The first-order valence-electron chi connectivity index (χ1n) is 41.3. The number of carboxylic acids is 2. The predicted octanol–water partition coefficient (Wildman–Crippen LogP) is 18.4. The third-order valence-corrected chi connectivity index (χ3v) is 33.7.